The Morgan fingerprint density at radius 2 is 1.96 bits per heavy atom. The molecule has 2 aromatic carbocycles. The summed E-state index contributed by atoms with van der Waals surface area (Å²) < 4.78 is 5.06. The van der Waals surface area contributed by atoms with Gasteiger partial charge >= 0.3 is 0 Å². The Morgan fingerprint density at radius 1 is 1.17 bits per heavy atom. The summed E-state index contributed by atoms with van der Waals surface area (Å²) in [5, 5.41) is 4.32. The Hall–Kier alpha value is -2.79. The minimum absolute atomic E-state index is 0.181. The number of H-pyrrole nitrogens is 1. The maximum absolute atomic E-state index is 12.3. The number of aromatic nitrogens is 1. The molecule has 0 unspecified atom stereocenters. The number of methoxy groups -OCH3 is 1. The molecule has 3 rings (SSSR count). The van der Waals surface area contributed by atoms with Crippen molar-refractivity contribution in [3.8, 4) is 5.75 Å². The number of ether oxygens (including phenoxy) is 1. The van der Waals surface area contributed by atoms with Gasteiger partial charge in [0.25, 0.3) is 11.5 Å². The number of aromatic amines is 1. The normalized spacial score (nSPS) is 10.5. The lowest BCUT2D eigenvalue weighted by Gasteiger charge is -2.08. The molecule has 0 atom stereocenters. The first kappa shape index (κ1) is 15.1. The summed E-state index contributed by atoms with van der Waals surface area (Å²) in [6.45, 7) is 0. The summed E-state index contributed by atoms with van der Waals surface area (Å²) in [6, 6.07) is 13.6. The summed E-state index contributed by atoms with van der Waals surface area (Å²) >= 11 is 6.03. The maximum atomic E-state index is 12.3. The molecule has 6 heteroatoms. The predicted octanol–water partition coefficient (Wildman–Crippen LogP) is 3.44. The van der Waals surface area contributed by atoms with Crippen LogP contribution in [0.25, 0.3) is 10.8 Å². The lowest BCUT2D eigenvalue weighted by Crippen LogP contribution is -2.18. The average Bonchev–Trinajstić information content (AvgIpc) is 2.55. The van der Waals surface area contributed by atoms with Gasteiger partial charge in [0.15, 0.2) is 0 Å². The van der Waals surface area contributed by atoms with Crippen molar-refractivity contribution in [3.63, 3.8) is 0 Å². The first-order valence-corrected chi connectivity index (χ1v) is 7.23. The fraction of sp³-hybridized carbons (Fsp3) is 0.0588. The molecule has 0 spiro atoms. The Balaban J connectivity index is 1.92. The Bertz CT molecular complexity index is 950. The van der Waals surface area contributed by atoms with E-state index in [-0.39, 0.29) is 11.3 Å². The highest BCUT2D eigenvalue weighted by atomic mass is 35.5. The number of anilines is 1. The third kappa shape index (κ3) is 3.05. The molecule has 0 saturated carbocycles. The van der Waals surface area contributed by atoms with Gasteiger partial charge in [0, 0.05) is 11.1 Å². The summed E-state index contributed by atoms with van der Waals surface area (Å²) in [7, 11) is 1.51. The monoisotopic (exact) mass is 328 g/mol. The zero-order valence-electron chi connectivity index (χ0n) is 12.2. The molecular formula is C17H13ClN2O3. The number of fused-ring (bicyclic) bond motifs is 1. The van der Waals surface area contributed by atoms with Crippen LogP contribution in [0.1, 0.15) is 10.5 Å². The molecule has 5 nitrogen and oxygen atoms in total. The van der Waals surface area contributed by atoms with Crippen molar-refractivity contribution in [3.05, 3.63) is 69.6 Å². The first-order valence-electron chi connectivity index (χ1n) is 6.85. The van der Waals surface area contributed by atoms with E-state index >= 15 is 0 Å². The number of benzene rings is 2. The highest BCUT2D eigenvalue weighted by molar-refractivity contribution is 6.32. The lowest BCUT2D eigenvalue weighted by atomic mass is 10.1. The molecule has 0 aliphatic heterocycles. The zero-order chi connectivity index (χ0) is 16.4. The molecular weight excluding hydrogens is 316 g/mol. The molecule has 0 aliphatic carbocycles. The van der Waals surface area contributed by atoms with E-state index in [9.17, 15) is 9.59 Å². The molecule has 0 saturated heterocycles. The van der Waals surface area contributed by atoms with Crippen LogP contribution in [0.4, 0.5) is 5.69 Å². The second-order valence-corrected chi connectivity index (χ2v) is 5.31. The number of carbonyl (C=O) groups excluding carboxylic acids is 1. The van der Waals surface area contributed by atoms with Crippen LogP contribution in [-0.4, -0.2) is 18.0 Å². The van der Waals surface area contributed by atoms with Gasteiger partial charge in [-0.25, -0.2) is 0 Å². The number of pyridine rings is 1. The molecule has 0 fully saturated rings. The van der Waals surface area contributed by atoms with Crippen molar-refractivity contribution < 1.29 is 9.53 Å². The fourth-order valence-corrected chi connectivity index (χ4v) is 2.53. The maximum Gasteiger partial charge on any atom is 0.272 e. The molecule has 116 valence electrons. The lowest BCUT2D eigenvalue weighted by molar-refractivity contribution is 0.102. The van der Waals surface area contributed by atoms with Gasteiger partial charge in [-0.05, 0) is 35.7 Å². The van der Waals surface area contributed by atoms with Crippen LogP contribution in [0.2, 0.25) is 5.02 Å². The second kappa shape index (κ2) is 6.14. The van der Waals surface area contributed by atoms with Crippen LogP contribution >= 0.6 is 11.6 Å². The van der Waals surface area contributed by atoms with E-state index in [4.69, 9.17) is 16.3 Å². The summed E-state index contributed by atoms with van der Waals surface area (Å²) in [5.41, 5.74) is 0.386. The van der Waals surface area contributed by atoms with Gasteiger partial charge in [0.2, 0.25) is 0 Å². The highest BCUT2D eigenvalue weighted by Crippen LogP contribution is 2.27. The van der Waals surface area contributed by atoms with Gasteiger partial charge in [-0.15, -0.1) is 0 Å². The van der Waals surface area contributed by atoms with E-state index in [0.29, 0.717) is 27.2 Å². The van der Waals surface area contributed by atoms with Gasteiger partial charge in [0.05, 0.1) is 12.1 Å². The summed E-state index contributed by atoms with van der Waals surface area (Å²) in [6.07, 6.45) is 0. The van der Waals surface area contributed by atoms with Crippen LogP contribution < -0.4 is 15.6 Å². The molecule has 0 bridgehead atoms. The van der Waals surface area contributed by atoms with Gasteiger partial charge in [-0.3, -0.25) is 9.59 Å². The Kier molecular flexibility index (Phi) is 4.04. The summed E-state index contributed by atoms with van der Waals surface area (Å²) in [4.78, 5) is 26.9. The van der Waals surface area contributed by atoms with Crippen LogP contribution in [0.3, 0.4) is 0 Å². The van der Waals surface area contributed by atoms with E-state index in [1.807, 2.05) is 6.07 Å². The van der Waals surface area contributed by atoms with Gasteiger partial charge < -0.3 is 15.0 Å². The van der Waals surface area contributed by atoms with E-state index in [1.165, 1.54) is 7.11 Å². The molecule has 3 aromatic rings. The molecule has 1 heterocycles. The number of halogens is 1. The number of nitrogens with one attached hydrogen (secondary N) is 2. The third-order valence-electron chi connectivity index (χ3n) is 3.41. The van der Waals surface area contributed by atoms with E-state index in [1.54, 1.807) is 42.5 Å². The van der Waals surface area contributed by atoms with Crippen molar-refractivity contribution in [2.24, 2.45) is 0 Å². The van der Waals surface area contributed by atoms with E-state index in [2.05, 4.69) is 10.3 Å². The molecule has 0 aliphatic rings. The Morgan fingerprint density at radius 3 is 2.70 bits per heavy atom. The number of amides is 1. The molecule has 23 heavy (non-hydrogen) atoms. The van der Waals surface area contributed by atoms with Crippen LogP contribution in [0.15, 0.2) is 53.3 Å². The molecule has 2 N–H and O–H groups in total. The number of rotatable bonds is 3. The standard InChI is InChI=1S/C17H13ClN2O3/c1-23-15-7-6-11(9-13(15)18)19-17(22)14-8-10-4-2-3-5-12(10)16(21)20-14/h2-9H,1H3,(H,19,22)(H,20,21). The van der Waals surface area contributed by atoms with Crippen molar-refractivity contribution in [1.29, 1.82) is 0 Å². The van der Waals surface area contributed by atoms with Crippen molar-refractivity contribution >= 4 is 34.0 Å². The van der Waals surface area contributed by atoms with Crippen LogP contribution in [-0.2, 0) is 0 Å². The fourth-order valence-electron chi connectivity index (χ4n) is 2.28. The van der Waals surface area contributed by atoms with Gasteiger partial charge in [0.1, 0.15) is 11.4 Å². The van der Waals surface area contributed by atoms with E-state index < -0.39 is 5.91 Å². The smallest absolute Gasteiger partial charge is 0.272 e. The zero-order valence-corrected chi connectivity index (χ0v) is 13.0. The van der Waals surface area contributed by atoms with Gasteiger partial charge in [-0.1, -0.05) is 29.8 Å². The van der Waals surface area contributed by atoms with Crippen molar-refractivity contribution in [1.82, 2.24) is 4.98 Å². The minimum Gasteiger partial charge on any atom is -0.495 e. The van der Waals surface area contributed by atoms with Gasteiger partial charge in [-0.2, -0.15) is 0 Å². The largest absolute Gasteiger partial charge is 0.495 e. The number of hydrogen-bond donors (Lipinski definition) is 2. The first-order chi connectivity index (χ1) is 11.1. The average molecular weight is 329 g/mol. The topological polar surface area (TPSA) is 71.2 Å². The SMILES string of the molecule is COc1ccc(NC(=O)c2cc3ccccc3c(=O)[nH]2)cc1Cl. The highest BCUT2D eigenvalue weighted by Gasteiger charge is 2.11. The number of carbonyl (C=O) groups is 1. The van der Waals surface area contributed by atoms with E-state index in [0.717, 1.165) is 0 Å². The predicted molar refractivity (Wildman–Crippen MR) is 90.5 cm³/mol. The third-order valence-corrected chi connectivity index (χ3v) is 3.70. The molecule has 0 radical (unpaired) electrons. The molecule has 1 aromatic heterocycles. The van der Waals surface area contributed by atoms with Crippen LogP contribution in [0.5, 0.6) is 5.75 Å². The second-order valence-electron chi connectivity index (χ2n) is 4.90. The van der Waals surface area contributed by atoms with Crippen LogP contribution in [0, 0.1) is 0 Å². The van der Waals surface area contributed by atoms with Crippen molar-refractivity contribution in [2.75, 3.05) is 12.4 Å². The Labute approximate surface area is 136 Å². The summed E-state index contributed by atoms with van der Waals surface area (Å²) in [5.74, 6) is 0.0952. The minimum atomic E-state index is -0.422. The number of hydrogen-bond acceptors (Lipinski definition) is 3. The quantitative estimate of drug-likeness (QED) is 0.773. The molecule has 1 amide bonds. The van der Waals surface area contributed by atoms with Crippen molar-refractivity contribution in [2.45, 2.75) is 0 Å².